The number of hydrogen-bond acceptors (Lipinski definition) is 6. The van der Waals surface area contributed by atoms with Crippen molar-refractivity contribution < 1.29 is 14.7 Å². The monoisotopic (exact) mass is 438 g/mol. The van der Waals surface area contributed by atoms with Crippen LogP contribution in [0.5, 0.6) is 0 Å². The molecule has 1 fully saturated rings. The van der Waals surface area contributed by atoms with Crippen LogP contribution < -0.4 is 10.2 Å². The van der Waals surface area contributed by atoms with Crippen LogP contribution in [0, 0.1) is 12.8 Å². The first-order valence-corrected chi connectivity index (χ1v) is 11.4. The number of nitrogens with zero attached hydrogens (tertiary/aromatic N) is 3. The van der Waals surface area contributed by atoms with E-state index in [0.717, 1.165) is 32.3 Å². The SMILES string of the molecule is CCC(NC(=O)C1CCN(c2nc(C)nc3sc(-c4ccccc4)cc23)CC1)C(=O)O. The largest absolute Gasteiger partial charge is 0.480 e. The lowest BCUT2D eigenvalue weighted by molar-refractivity contribution is -0.142. The number of aliphatic carboxylic acids is 1. The van der Waals surface area contributed by atoms with Gasteiger partial charge in [-0.25, -0.2) is 14.8 Å². The third kappa shape index (κ3) is 4.54. The van der Waals surface area contributed by atoms with E-state index in [0.29, 0.717) is 32.4 Å². The number of anilines is 1. The van der Waals surface area contributed by atoms with Crippen molar-refractivity contribution in [2.24, 2.45) is 5.92 Å². The van der Waals surface area contributed by atoms with Crippen molar-refractivity contribution in [2.45, 2.75) is 39.2 Å². The summed E-state index contributed by atoms with van der Waals surface area (Å²) in [7, 11) is 0. The van der Waals surface area contributed by atoms with E-state index in [2.05, 4.69) is 33.4 Å². The van der Waals surface area contributed by atoms with E-state index in [9.17, 15) is 14.7 Å². The van der Waals surface area contributed by atoms with Gasteiger partial charge in [-0.2, -0.15) is 0 Å². The molecule has 2 aromatic heterocycles. The van der Waals surface area contributed by atoms with E-state index in [1.165, 1.54) is 0 Å². The molecule has 1 saturated heterocycles. The zero-order valence-electron chi connectivity index (χ0n) is 17.7. The van der Waals surface area contributed by atoms with E-state index in [1.54, 1.807) is 18.3 Å². The highest BCUT2D eigenvalue weighted by atomic mass is 32.1. The lowest BCUT2D eigenvalue weighted by Crippen LogP contribution is -2.46. The zero-order valence-corrected chi connectivity index (χ0v) is 18.5. The number of fused-ring (bicyclic) bond motifs is 1. The molecule has 1 aromatic carbocycles. The minimum atomic E-state index is -0.987. The van der Waals surface area contributed by atoms with Gasteiger partial charge in [0.05, 0.1) is 5.39 Å². The number of carbonyl (C=O) groups excluding carboxylic acids is 1. The van der Waals surface area contributed by atoms with Crippen LogP contribution in [0.2, 0.25) is 0 Å². The van der Waals surface area contributed by atoms with Crippen molar-refractivity contribution >= 4 is 39.2 Å². The normalized spacial score (nSPS) is 15.7. The van der Waals surface area contributed by atoms with Gasteiger partial charge in [0.2, 0.25) is 5.91 Å². The van der Waals surface area contributed by atoms with Crippen LogP contribution in [0.3, 0.4) is 0 Å². The molecule has 1 unspecified atom stereocenters. The molecule has 1 atom stereocenters. The molecule has 2 N–H and O–H groups in total. The van der Waals surface area contributed by atoms with Crippen LogP contribution in [-0.4, -0.2) is 46.1 Å². The van der Waals surface area contributed by atoms with Gasteiger partial charge in [0.15, 0.2) is 0 Å². The first-order chi connectivity index (χ1) is 15.0. The smallest absolute Gasteiger partial charge is 0.326 e. The summed E-state index contributed by atoms with van der Waals surface area (Å²) < 4.78 is 0. The molecule has 3 aromatic rings. The van der Waals surface area contributed by atoms with Gasteiger partial charge in [0.1, 0.15) is 22.5 Å². The quantitative estimate of drug-likeness (QED) is 0.607. The summed E-state index contributed by atoms with van der Waals surface area (Å²) in [5.41, 5.74) is 1.16. The zero-order chi connectivity index (χ0) is 22.0. The maximum atomic E-state index is 12.5. The molecule has 1 aliphatic heterocycles. The summed E-state index contributed by atoms with van der Waals surface area (Å²) in [6.07, 6.45) is 1.71. The number of amides is 1. The van der Waals surface area contributed by atoms with Crippen LogP contribution >= 0.6 is 11.3 Å². The second kappa shape index (κ2) is 9.01. The number of carboxylic acids is 1. The fraction of sp³-hybridized carbons (Fsp3) is 0.391. The number of aromatic nitrogens is 2. The Morgan fingerprint density at radius 3 is 2.58 bits per heavy atom. The predicted octanol–water partition coefficient (Wildman–Crippen LogP) is 3.86. The average Bonchev–Trinajstić information content (AvgIpc) is 3.21. The van der Waals surface area contributed by atoms with Crippen LogP contribution in [0.15, 0.2) is 36.4 Å². The molecule has 0 radical (unpaired) electrons. The molecule has 0 spiro atoms. The van der Waals surface area contributed by atoms with Gasteiger partial charge in [-0.1, -0.05) is 37.3 Å². The molecular formula is C23H26N4O3S. The first-order valence-electron chi connectivity index (χ1n) is 10.6. The average molecular weight is 439 g/mol. The van der Waals surface area contributed by atoms with Crippen molar-refractivity contribution in [1.82, 2.24) is 15.3 Å². The maximum Gasteiger partial charge on any atom is 0.326 e. The summed E-state index contributed by atoms with van der Waals surface area (Å²) >= 11 is 1.66. The van der Waals surface area contributed by atoms with Gasteiger partial charge in [0, 0.05) is 23.9 Å². The molecule has 1 aliphatic rings. The number of rotatable bonds is 6. The van der Waals surface area contributed by atoms with E-state index in [4.69, 9.17) is 4.98 Å². The van der Waals surface area contributed by atoms with Crippen molar-refractivity contribution in [2.75, 3.05) is 18.0 Å². The molecule has 7 nitrogen and oxygen atoms in total. The Morgan fingerprint density at radius 2 is 1.94 bits per heavy atom. The molecule has 0 bridgehead atoms. The third-order valence-corrected chi connectivity index (χ3v) is 6.81. The highest BCUT2D eigenvalue weighted by molar-refractivity contribution is 7.21. The Bertz CT molecular complexity index is 1090. The highest BCUT2D eigenvalue weighted by Crippen LogP contribution is 2.37. The minimum absolute atomic E-state index is 0.167. The van der Waals surface area contributed by atoms with E-state index >= 15 is 0 Å². The van der Waals surface area contributed by atoms with Crippen molar-refractivity contribution in [1.29, 1.82) is 0 Å². The summed E-state index contributed by atoms with van der Waals surface area (Å²) in [5, 5.41) is 12.9. The number of carbonyl (C=O) groups is 2. The first kappa shape index (κ1) is 21.2. The molecule has 8 heteroatoms. The molecular weight excluding hydrogens is 412 g/mol. The number of aryl methyl sites for hydroxylation is 1. The fourth-order valence-electron chi connectivity index (χ4n) is 3.98. The Kier molecular flexibility index (Phi) is 6.18. The predicted molar refractivity (Wildman–Crippen MR) is 122 cm³/mol. The Labute approximate surface area is 185 Å². The number of nitrogens with one attached hydrogen (secondary N) is 1. The highest BCUT2D eigenvalue weighted by Gasteiger charge is 2.29. The van der Waals surface area contributed by atoms with Gasteiger partial charge < -0.3 is 15.3 Å². The number of hydrogen-bond donors (Lipinski definition) is 2. The van der Waals surface area contributed by atoms with Crippen LogP contribution in [0.1, 0.15) is 32.0 Å². The third-order valence-electron chi connectivity index (χ3n) is 5.73. The molecule has 0 saturated carbocycles. The van der Waals surface area contributed by atoms with Crippen LogP contribution in [-0.2, 0) is 9.59 Å². The topological polar surface area (TPSA) is 95.4 Å². The Balaban J connectivity index is 1.52. The molecule has 4 rings (SSSR count). The molecule has 0 aliphatic carbocycles. The van der Waals surface area contributed by atoms with Gasteiger partial charge in [0.25, 0.3) is 0 Å². The maximum absolute atomic E-state index is 12.5. The summed E-state index contributed by atoms with van der Waals surface area (Å²) in [4.78, 5) is 37.4. The van der Waals surface area contributed by atoms with E-state index in [1.807, 2.05) is 25.1 Å². The molecule has 162 valence electrons. The standard InChI is InChI=1S/C23H26N4O3S/c1-3-18(23(29)30)26-21(28)16-9-11-27(12-10-16)20-17-13-19(15-7-5-4-6-8-15)31-22(17)25-14(2)24-20/h4-8,13,16,18H,3,9-12H2,1-2H3,(H,26,28)(H,29,30). The van der Waals surface area contributed by atoms with Gasteiger partial charge >= 0.3 is 5.97 Å². The van der Waals surface area contributed by atoms with Gasteiger partial charge in [-0.3, -0.25) is 4.79 Å². The minimum Gasteiger partial charge on any atom is -0.480 e. The lowest BCUT2D eigenvalue weighted by atomic mass is 9.95. The van der Waals surface area contributed by atoms with Gasteiger partial charge in [-0.05, 0) is 37.8 Å². The number of piperidine rings is 1. The van der Waals surface area contributed by atoms with Gasteiger partial charge in [-0.15, -0.1) is 11.3 Å². The second-order valence-corrected chi connectivity index (χ2v) is 8.89. The summed E-state index contributed by atoms with van der Waals surface area (Å²) in [6.45, 7) is 5.06. The van der Waals surface area contributed by atoms with Crippen molar-refractivity contribution in [3.05, 3.63) is 42.2 Å². The van der Waals surface area contributed by atoms with Crippen LogP contribution in [0.25, 0.3) is 20.7 Å². The molecule has 31 heavy (non-hydrogen) atoms. The Morgan fingerprint density at radius 1 is 1.23 bits per heavy atom. The second-order valence-electron chi connectivity index (χ2n) is 7.86. The number of benzene rings is 1. The van der Waals surface area contributed by atoms with Crippen molar-refractivity contribution in [3.63, 3.8) is 0 Å². The lowest BCUT2D eigenvalue weighted by Gasteiger charge is -2.33. The van der Waals surface area contributed by atoms with Crippen LogP contribution in [0.4, 0.5) is 5.82 Å². The number of thiophene rings is 1. The summed E-state index contributed by atoms with van der Waals surface area (Å²) in [6, 6.07) is 11.6. The van der Waals surface area contributed by atoms with Crippen molar-refractivity contribution in [3.8, 4) is 10.4 Å². The number of carboxylic acid groups (broad SMARTS) is 1. The van der Waals surface area contributed by atoms with E-state index in [-0.39, 0.29) is 11.8 Å². The Hall–Kier alpha value is -3.00. The molecule has 1 amide bonds. The fourth-order valence-corrected chi connectivity index (χ4v) is 5.05. The van der Waals surface area contributed by atoms with E-state index < -0.39 is 12.0 Å². The summed E-state index contributed by atoms with van der Waals surface area (Å²) in [5.74, 6) is 0.317. The molecule has 3 heterocycles.